The molecule has 0 bridgehead atoms. The van der Waals surface area contributed by atoms with E-state index in [2.05, 4.69) is 9.46 Å². The zero-order valence-corrected chi connectivity index (χ0v) is 14.9. The van der Waals surface area contributed by atoms with Crippen molar-refractivity contribution in [3.8, 4) is 0 Å². The lowest BCUT2D eigenvalue weighted by molar-refractivity contribution is -0.154. The molecular weight excluding hydrogens is 352 g/mol. The number of methoxy groups -OCH3 is 1. The molecule has 1 aromatic rings. The molecule has 0 aliphatic rings. The van der Waals surface area contributed by atoms with Gasteiger partial charge in [-0.3, -0.25) is 14.9 Å². The van der Waals surface area contributed by atoms with E-state index in [9.17, 15) is 22.8 Å². The smallest absolute Gasteiger partial charge is 0.413 e. The molecule has 0 saturated carbocycles. The van der Waals surface area contributed by atoms with Crippen LogP contribution in [0.1, 0.15) is 18.9 Å². The molecule has 0 spiro atoms. The van der Waals surface area contributed by atoms with Gasteiger partial charge >= 0.3 is 12.1 Å². The fraction of sp³-hybridized carbons (Fsp3) is 0.400. The second-order valence-electron chi connectivity index (χ2n) is 5.07. The van der Waals surface area contributed by atoms with Crippen LogP contribution in [0.25, 0.3) is 0 Å². The Hall–Kier alpha value is -2.46. The van der Waals surface area contributed by atoms with E-state index in [0.717, 1.165) is 12.7 Å². The van der Waals surface area contributed by atoms with Gasteiger partial charge in [-0.2, -0.15) is 0 Å². The van der Waals surface area contributed by atoms with Crippen molar-refractivity contribution in [1.29, 1.82) is 0 Å². The normalized spacial score (nSPS) is 12.1. The fourth-order valence-corrected chi connectivity index (χ4v) is 2.68. The van der Waals surface area contributed by atoms with Crippen molar-refractivity contribution < 1.29 is 32.3 Å². The molecule has 25 heavy (non-hydrogen) atoms. The van der Waals surface area contributed by atoms with Crippen molar-refractivity contribution in [3.63, 3.8) is 0 Å². The van der Waals surface area contributed by atoms with Gasteiger partial charge in [-0.15, -0.1) is 0 Å². The third kappa shape index (κ3) is 6.89. The number of sulfonamides is 1. The minimum Gasteiger partial charge on any atom is -0.453 e. The number of esters is 1. The van der Waals surface area contributed by atoms with Crippen LogP contribution in [0.2, 0.25) is 0 Å². The third-order valence-corrected chi connectivity index (χ3v) is 4.52. The highest BCUT2D eigenvalue weighted by atomic mass is 32.2. The number of hydrogen-bond acceptors (Lipinski definition) is 7. The van der Waals surface area contributed by atoms with Crippen LogP contribution < -0.4 is 10.0 Å². The Labute approximate surface area is 145 Å². The molecule has 1 aromatic carbocycles. The summed E-state index contributed by atoms with van der Waals surface area (Å²) < 4.78 is 35.4. The lowest BCUT2D eigenvalue weighted by atomic mass is 10.2. The van der Waals surface area contributed by atoms with Crippen LogP contribution in [0.3, 0.4) is 0 Å². The van der Waals surface area contributed by atoms with E-state index in [0.29, 0.717) is 0 Å². The van der Waals surface area contributed by atoms with E-state index in [1.807, 2.05) is 12.2 Å². The Bertz CT molecular complexity index is 729. The first-order chi connectivity index (χ1) is 11.7. The molecule has 0 aromatic heterocycles. The molecule has 0 radical (unpaired) electrons. The van der Waals surface area contributed by atoms with Gasteiger partial charge in [-0.1, -0.05) is 17.7 Å². The van der Waals surface area contributed by atoms with Gasteiger partial charge in [0.1, 0.15) is 0 Å². The fourth-order valence-electron chi connectivity index (χ4n) is 1.65. The van der Waals surface area contributed by atoms with E-state index in [1.165, 1.54) is 19.1 Å². The molecule has 1 atom stereocenters. The summed E-state index contributed by atoms with van der Waals surface area (Å²) in [6, 6.07) is 6.22. The monoisotopic (exact) mass is 372 g/mol. The third-order valence-electron chi connectivity index (χ3n) is 3.04. The first kappa shape index (κ1) is 20.6. The summed E-state index contributed by atoms with van der Waals surface area (Å²) >= 11 is 0. The number of amides is 2. The number of carbonyl (C=O) groups excluding carboxylic acids is 3. The summed E-state index contributed by atoms with van der Waals surface area (Å²) in [5.41, 5.74) is 0.918. The predicted molar refractivity (Wildman–Crippen MR) is 87.1 cm³/mol. The molecule has 0 aliphatic heterocycles. The lowest BCUT2D eigenvalue weighted by Gasteiger charge is -2.12. The molecule has 10 heteroatoms. The van der Waals surface area contributed by atoms with E-state index in [1.54, 1.807) is 12.1 Å². The second kappa shape index (κ2) is 9.14. The molecule has 138 valence electrons. The molecule has 0 saturated heterocycles. The van der Waals surface area contributed by atoms with E-state index in [4.69, 9.17) is 4.74 Å². The van der Waals surface area contributed by atoms with E-state index in [-0.39, 0.29) is 17.9 Å². The zero-order chi connectivity index (χ0) is 19.0. The number of benzene rings is 1. The molecule has 2 amide bonds. The van der Waals surface area contributed by atoms with Gasteiger partial charge in [-0.05, 0) is 26.0 Å². The second-order valence-corrected chi connectivity index (χ2v) is 6.84. The minimum absolute atomic E-state index is 0.0808. The highest BCUT2D eigenvalue weighted by Crippen LogP contribution is 2.09. The van der Waals surface area contributed by atoms with Gasteiger partial charge in [0.15, 0.2) is 6.10 Å². The topological polar surface area (TPSA) is 128 Å². The molecule has 2 N–H and O–H groups in total. The number of imide groups is 1. The van der Waals surface area contributed by atoms with Crippen LogP contribution >= 0.6 is 0 Å². The molecule has 0 aliphatic carbocycles. The van der Waals surface area contributed by atoms with Gasteiger partial charge in [0.2, 0.25) is 10.0 Å². The van der Waals surface area contributed by atoms with Crippen LogP contribution in [0, 0.1) is 6.92 Å². The quantitative estimate of drug-likeness (QED) is 0.666. The standard InChI is InChI=1S/C15H20N2O7S/c1-10-4-6-12(7-5-10)25(21,22)16-9-8-13(18)24-11(2)14(19)17-15(20)23-3/h4-7,11,16H,8-9H2,1-3H3,(H,17,19,20)/t11-/m1/s1. The molecule has 0 heterocycles. The molecular formula is C15H20N2O7S. The van der Waals surface area contributed by atoms with Crippen LogP contribution in [-0.2, 0) is 29.1 Å². The van der Waals surface area contributed by atoms with Crippen molar-refractivity contribution in [2.75, 3.05) is 13.7 Å². The highest BCUT2D eigenvalue weighted by Gasteiger charge is 2.20. The maximum atomic E-state index is 12.0. The van der Waals surface area contributed by atoms with Crippen molar-refractivity contribution in [2.45, 2.75) is 31.3 Å². The highest BCUT2D eigenvalue weighted by molar-refractivity contribution is 7.89. The summed E-state index contributed by atoms with van der Waals surface area (Å²) in [6.07, 6.45) is -2.47. The average molecular weight is 372 g/mol. The Morgan fingerprint density at radius 3 is 2.32 bits per heavy atom. The predicted octanol–water partition coefficient (Wildman–Crippen LogP) is 0.478. The lowest BCUT2D eigenvalue weighted by Crippen LogP contribution is -2.39. The van der Waals surface area contributed by atoms with E-state index < -0.39 is 34.1 Å². The van der Waals surface area contributed by atoms with Gasteiger partial charge in [-0.25, -0.2) is 17.9 Å². The van der Waals surface area contributed by atoms with Gasteiger partial charge in [0, 0.05) is 6.54 Å². The number of hydrogen-bond donors (Lipinski definition) is 2. The SMILES string of the molecule is COC(=O)NC(=O)[C@@H](C)OC(=O)CCNS(=O)(=O)c1ccc(C)cc1. The maximum absolute atomic E-state index is 12.0. The van der Waals surface area contributed by atoms with Crippen LogP contribution in [0.15, 0.2) is 29.2 Å². The Balaban J connectivity index is 2.45. The average Bonchev–Trinajstić information content (AvgIpc) is 2.54. The van der Waals surface area contributed by atoms with Crippen molar-refractivity contribution >= 4 is 28.0 Å². The van der Waals surface area contributed by atoms with Crippen LogP contribution in [0.4, 0.5) is 4.79 Å². The largest absolute Gasteiger partial charge is 0.453 e. The van der Waals surface area contributed by atoms with E-state index >= 15 is 0 Å². The first-order valence-corrected chi connectivity index (χ1v) is 8.78. The first-order valence-electron chi connectivity index (χ1n) is 7.30. The Morgan fingerprint density at radius 2 is 1.76 bits per heavy atom. The number of rotatable bonds is 7. The molecule has 1 rings (SSSR count). The van der Waals surface area contributed by atoms with Crippen LogP contribution in [0.5, 0.6) is 0 Å². The van der Waals surface area contributed by atoms with Crippen molar-refractivity contribution in [1.82, 2.24) is 10.0 Å². The number of nitrogens with one attached hydrogen (secondary N) is 2. The summed E-state index contributed by atoms with van der Waals surface area (Å²) in [5, 5.41) is 1.85. The Morgan fingerprint density at radius 1 is 1.16 bits per heavy atom. The van der Waals surface area contributed by atoms with Crippen LogP contribution in [-0.4, -0.2) is 46.1 Å². The summed E-state index contributed by atoms with van der Waals surface area (Å²) in [4.78, 5) is 34.1. The van der Waals surface area contributed by atoms with Gasteiger partial charge < -0.3 is 9.47 Å². The summed E-state index contributed by atoms with van der Waals surface area (Å²) in [5.74, 6) is -1.64. The van der Waals surface area contributed by atoms with Crippen molar-refractivity contribution in [3.05, 3.63) is 29.8 Å². The number of aryl methyl sites for hydroxylation is 1. The summed E-state index contributed by atoms with van der Waals surface area (Å²) in [6.45, 7) is 2.91. The van der Waals surface area contributed by atoms with Gasteiger partial charge in [0.05, 0.1) is 18.4 Å². The number of alkyl carbamates (subject to hydrolysis) is 1. The maximum Gasteiger partial charge on any atom is 0.413 e. The van der Waals surface area contributed by atoms with Crippen molar-refractivity contribution in [2.24, 2.45) is 0 Å². The molecule has 9 nitrogen and oxygen atoms in total. The molecule has 0 unspecified atom stereocenters. The zero-order valence-electron chi connectivity index (χ0n) is 14.1. The number of ether oxygens (including phenoxy) is 2. The number of carbonyl (C=O) groups is 3. The van der Waals surface area contributed by atoms with Gasteiger partial charge in [0.25, 0.3) is 5.91 Å². The Kier molecular flexibility index (Phi) is 7.52. The molecule has 0 fully saturated rings. The summed E-state index contributed by atoms with van der Waals surface area (Å²) in [7, 11) is -2.65. The minimum atomic E-state index is -3.74.